The Labute approximate surface area is 252 Å². The third-order valence-corrected chi connectivity index (χ3v) is 8.95. The minimum absolute atomic E-state index is 0.0512. The van der Waals surface area contributed by atoms with Gasteiger partial charge in [-0.3, -0.25) is 0 Å². The molecule has 10 heteroatoms. The summed E-state index contributed by atoms with van der Waals surface area (Å²) in [6, 6.07) is 19.2. The predicted molar refractivity (Wildman–Crippen MR) is 166 cm³/mol. The summed E-state index contributed by atoms with van der Waals surface area (Å²) < 4.78 is 35.2. The average molecular weight is 601 g/mol. The van der Waals surface area contributed by atoms with Gasteiger partial charge >= 0.3 is 5.97 Å². The molecule has 224 valence electrons. The first-order valence-electron chi connectivity index (χ1n) is 14.1. The number of aromatic nitrogens is 2. The highest BCUT2D eigenvalue weighted by Crippen LogP contribution is 2.32. The Bertz CT molecular complexity index is 1780. The zero-order valence-corrected chi connectivity index (χ0v) is 25.7. The normalized spacial score (nSPS) is 15.0. The monoisotopic (exact) mass is 600 g/mol. The van der Waals surface area contributed by atoms with Crippen LogP contribution in [-0.4, -0.2) is 42.6 Å². The average Bonchev–Trinajstić information content (AvgIpc) is 2.95. The van der Waals surface area contributed by atoms with Gasteiger partial charge in [0.1, 0.15) is 6.61 Å². The van der Waals surface area contributed by atoms with Crippen LogP contribution in [-0.2, 0) is 21.9 Å². The van der Waals surface area contributed by atoms with Crippen LogP contribution in [0.25, 0.3) is 11.3 Å². The second-order valence-corrected chi connectivity index (χ2v) is 13.5. The highest BCUT2D eigenvalue weighted by Gasteiger charge is 2.24. The summed E-state index contributed by atoms with van der Waals surface area (Å²) in [5.41, 5.74) is 6.92. The summed E-state index contributed by atoms with van der Waals surface area (Å²) in [5, 5.41) is 12.9. The summed E-state index contributed by atoms with van der Waals surface area (Å²) in [6.07, 6.45) is 0.926. The summed E-state index contributed by atoms with van der Waals surface area (Å²) in [6.45, 7) is 11.6. The molecule has 3 aromatic carbocycles. The van der Waals surface area contributed by atoms with E-state index >= 15 is 0 Å². The van der Waals surface area contributed by atoms with Crippen molar-refractivity contribution >= 4 is 21.9 Å². The number of fused-ring (bicyclic) bond motifs is 1. The number of carboxylic acids is 1. The van der Waals surface area contributed by atoms with Crippen molar-refractivity contribution in [3.8, 4) is 17.1 Å². The summed E-state index contributed by atoms with van der Waals surface area (Å²) in [7, 11) is -4.20. The minimum atomic E-state index is -4.20. The van der Waals surface area contributed by atoms with Crippen molar-refractivity contribution in [2.24, 2.45) is 0 Å². The van der Waals surface area contributed by atoms with Crippen molar-refractivity contribution in [3.05, 3.63) is 100 Å². The van der Waals surface area contributed by atoms with Gasteiger partial charge in [-0.05, 0) is 78.2 Å². The molecular weight excluding hydrogens is 564 g/mol. The molecule has 0 spiro atoms. The van der Waals surface area contributed by atoms with Crippen molar-refractivity contribution in [2.75, 3.05) is 17.9 Å². The SMILES string of the molecule is Cc1cccc(C)c1-c1cc(OCC2NCCc3cc(C(C)(C)C)ccc32)nc(NS(=O)(=O)c2cccc(C(=O)O)c2)n1. The predicted octanol–water partition coefficient (Wildman–Crippen LogP) is 5.82. The molecule has 0 saturated heterocycles. The number of anilines is 1. The molecule has 0 amide bonds. The van der Waals surface area contributed by atoms with Gasteiger partial charge in [0.15, 0.2) is 0 Å². The fourth-order valence-corrected chi connectivity index (χ4v) is 6.29. The van der Waals surface area contributed by atoms with Crippen LogP contribution in [0.4, 0.5) is 5.95 Å². The number of carbonyl (C=O) groups is 1. The number of hydrogen-bond donors (Lipinski definition) is 3. The molecule has 1 unspecified atom stereocenters. The number of nitrogens with one attached hydrogen (secondary N) is 2. The van der Waals surface area contributed by atoms with E-state index in [2.05, 4.69) is 59.0 Å². The quantitative estimate of drug-likeness (QED) is 0.231. The summed E-state index contributed by atoms with van der Waals surface area (Å²) >= 11 is 0. The Balaban J connectivity index is 1.48. The van der Waals surface area contributed by atoms with Crippen LogP contribution < -0.4 is 14.8 Å². The van der Waals surface area contributed by atoms with E-state index in [4.69, 9.17) is 4.74 Å². The van der Waals surface area contributed by atoms with E-state index in [0.29, 0.717) is 5.69 Å². The lowest BCUT2D eigenvalue weighted by molar-refractivity contribution is 0.0696. The Hall–Kier alpha value is -4.28. The van der Waals surface area contributed by atoms with Crippen LogP contribution in [0.5, 0.6) is 5.88 Å². The second-order valence-electron chi connectivity index (χ2n) is 11.9. The van der Waals surface area contributed by atoms with Gasteiger partial charge in [-0.15, -0.1) is 0 Å². The van der Waals surface area contributed by atoms with Crippen LogP contribution in [0, 0.1) is 13.8 Å². The van der Waals surface area contributed by atoms with Gasteiger partial charge < -0.3 is 15.2 Å². The Morgan fingerprint density at radius 1 is 1.02 bits per heavy atom. The Kier molecular flexibility index (Phi) is 8.27. The number of sulfonamides is 1. The van der Waals surface area contributed by atoms with Crippen LogP contribution in [0.15, 0.2) is 71.6 Å². The number of aryl methyl sites for hydroxylation is 2. The van der Waals surface area contributed by atoms with Crippen LogP contribution >= 0.6 is 0 Å². The standard InChI is InChI=1S/C33H36N4O5S/c1-20-8-6-9-21(2)30(20)27-18-29(36-32(35-27)37-43(40,41)25-11-7-10-23(17-25)31(38)39)42-19-28-26-13-12-24(33(3,4)5)16-22(26)14-15-34-28/h6-13,16-18,28,34H,14-15,19H2,1-5H3,(H,38,39)(H,35,36,37). The van der Waals surface area contributed by atoms with Crippen molar-refractivity contribution in [1.82, 2.24) is 15.3 Å². The fraction of sp³-hybridized carbons (Fsp3) is 0.303. The van der Waals surface area contributed by atoms with Gasteiger partial charge in [0.05, 0.1) is 22.2 Å². The zero-order valence-electron chi connectivity index (χ0n) is 24.9. The van der Waals surface area contributed by atoms with E-state index in [9.17, 15) is 18.3 Å². The third-order valence-electron chi connectivity index (χ3n) is 7.62. The molecule has 0 bridgehead atoms. The smallest absolute Gasteiger partial charge is 0.335 e. The molecule has 9 nitrogen and oxygen atoms in total. The maximum absolute atomic E-state index is 13.3. The maximum atomic E-state index is 13.3. The molecule has 0 saturated carbocycles. The lowest BCUT2D eigenvalue weighted by atomic mass is 9.83. The van der Waals surface area contributed by atoms with E-state index in [0.717, 1.165) is 35.7 Å². The van der Waals surface area contributed by atoms with Crippen LogP contribution in [0.1, 0.15) is 65.0 Å². The number of nitrogens with zero attached hydrogens (tertiary/aromatic N) is 2. The highest BCUT2D eigenvalue weighted by molar-refractivity contribution is 7.92. The van der Waals surface area contributed by atoms with Crippen molar-refractivity contribution in [3.63, 3.8) is 0 Å². The molecule has 4 aromatic rings. The Morgan fingerprint density at radius 3 is 2.44 bits per heavy atom. The molecule has 43 heavy (non-hydrogen) atoms. The minimum Gasteiger partial charge on any atom is -0.478 e. The number of hydrogen-bond acceptors (Lipinski definition) is 7. The number of benzene rings is 3. The fourth-order valence-electron chi connectivity index (χ4n) is 5.30. The van der Waals surface area contributed by atoms with Gasteiger partial charge in [-0.1, -0.05) is 63.2 Å². The zero-order chi connectivity index (χ0) is 30.9. The van der Waals surface area contributed by atoms with Crippen molar-refractivity contribution < 1.29 is 23.1 Å². The van der Waals surface area contributed by atoms with Crippen molar-refractivity contribution in [2.45, 2.75) is 57.4 Å². The molecule has 3 N–H and O–H groups in total. The van der Waals surface area contributed by atoms with Crippen molar-refractivity contribution in [1.29, 1.82) is 0 Å². The van der Waals surface area contributed by atoms with E-state index in [1.54, 1.807) is 6.07 Å². The van der Waals surface area contributed by atoms with Gasteiger partial charge in [0, 0.05) is 11.6 Å². The van der Waals surface area contributed by atoms with Gasteiger partial charge in [-0.25, -0.2) is 22.9 Å². The third kappa shape index (κ3) is 6.71. The summed E-state index contributed by atoms with van der Waals surface area (Å²) in [4.78, 5) is 20.2. The first-order chi connectivity index (χ1) is 20.3. The number of ether oxygens (including phenoxy) is 1. The lowest BCUT2D eigenvalue weighted by Crippen LogP contribution is -2.34. The topological polar surface area (TPSA) is 131 Å². The van der Waals surface area contributed by atoms with E-state index in [1.807, 2.05) is 32.0 Å². The maximum Gasteiger partial charge on any atom is 0.335 e. The molecule has 0 aliphatic carbocycles. The first kappa shape index (κ1) is 30.2. The van der Waals surface area contributed by atoms with E-state index in [-0.39, 0.29) is 40.4 Å². The molecule has 1 atom stereocenters. The molecule has 0 fully saturated rings. The molecule has 2 heterocycles. The molecule has 1 aromatic heterocycles. The molecule has 1 aliphatic rings. The highest BCUT2D eigenvalue weighted by atomic mass is 32.2. The molecular formula is C33H36N4O5S. The Morgan fingerprint density at radius 2 is 1.74 bits per heavy atom. The van der Waals surface area contributed by atoms with E-state index < -0.39 is 16.0 Å². The molecule has 5 rings (SSSR count). The van der Waals surface area contributed by atoms with Crippen LogP contribution in [0.3, 0.4) is 0 Å². The first-order valence-corrected chi connectivity index (χ1v) is 15.6. The molecule has 1 aliphatic heterocycles. The number of rotatable bonds is 8. The second kappa shape index (κ2) is 11.8. The summed E-state index contributed by atoms with van der Waals surface area (Å²) in [5.74, 6) is -1.19. The van der Waals surface area contributed by atoms with Gasteiger partial charge in [0.25, 0.3) is 10.0 Å². The molecule has 0 radical (unpaired) electrons. The van der Waals surface area contributed by atoms with Crippen LogP contribution in [0.2, 0.25) is 0 Å². The van der Waals surface area contributed by atoms with E-state index in [1.165, 1.54) is 34.9 Å². The lowest BCUT2D eigenvalue weighted by Gasteiger charge is -2.29. The number of carboxylic acid groups (broad SMARTS) is 1. The largest absolute Gasteiger partial charge is 0.478 e. The van der Waals surface area contributed by atoms with Gasteiger partial charge in [0.2, 0.25) is 11.8 Å². The number of aromatic carboxylic acids is 1. The van der Waals surface area contributed by atoms with Gasteiger partial charge in [-0.2, -0.15) is 4.98 Å².